The number of halogens is 1. The summed E-state index contributed by atoms with van der Waals surface area (Å²) >= 11 is 5.85. The van der Waals surface area contributed by atoms with Crippen LogP contribution in [0.4, 0.5) is 5.69 Å². The number of benzene rings is 1. The zero-order valence-electron chi connectivity index (χ0n) is 9.80. The Hall–Kier alpha value is -1.66. The molecule has 1 rings (SSSR count). The van der Waals surface area contributed by atoms with E-state index in [-0.39, 0.29) is 22.9 Å². The first kappa shape index (κ1) is 14.4. The maximum Gasteiger partial charge on any atom is 0.283 e. The van der Waals surface area contributed by atoms with Gasteiger partial charge >= 0.3 is 0 Å². The molecule has 0 aliphatic carbocycles. The highest BCUT2D eigenvalue weighted by molar-refractivity contribution is 6.34. The van der Waals surface area contributed by atoms with Crippen molar-refractivity contribution in [3.8, 4) is 0 Å². The zero-order chi connectivity index (χ0) is 13.7. The van der Waals surface area contributed by atoms with E-state index in [1.807, 2.05) is 0 Å². The van der Waals surface area contributed by atoms with E-state index < -0.39 is 10.8 Å². The van der Waals surface area contributed by atoms with Gasteiger partial charge in [0, 0.05) is 26.3 Å². The average molecular weight is 273 g/mol. The van der Waals surface area contributed by atoms with Gasteiger partial charge in [-0.05, 0) is 12.5 Å². The summed E-state index contributed by atoms with van der Waals surface area (Å²) in [5, 5.41) is 19.6. The first-order valence-electron chi connectivity index (χ1n) is 5.28. The Labute approximate surface area is 109 Å². The smallest absolute Gasteiger partial charge is 0.283 e. The summed E-state index contributed by atoms with van der Waals surface area (Å²) in [5.74, 6) is -0.527. The summed E-state index contributed by atoms with van der Waals surface area (Å²) in [6.45, 7) is 0.250. The summed E-state index contributed by atoms with van der Waals surface area (Å²) in [7, 11) is 1.51. The molecule has 0 bridgehead atoms. The van der Waals surface area contributed by atoms with Crippen molar-refractivity contribution in [2.45, 2.75) is 6.42 Å². The van der Waals surface area contributed by atoms with Gasteiger partial charge in [-0.15, -0.1) is 0 Å². The van der Waals surface area contributed by atoms with Crippen LogP contribution >= 0.6 is 11.6 Å². The lowest BCUT2D eigenvalue weighted by molar-refractivity contribution is -0.385. The van der Waals surface area contributed by atoms with Gasteiger partial charge in [0.2, 0.25) is 0 Å². The second-order valence-corrected chi connectivity index (χ2v) is 4.10. The number of nitrogens with zero attached hydrogens (tertiary/aromatic N) is 2. The lowest BCUT2D eigenvalue weighted by Gasteiger charge is -2.17. The topological polar surface area (TPSA) is 83.7 Å². The molecule has 1 aromatic rings. The Morgan fingerprint density at radius 1 is 1.56 bits per heavy atom. The summed E-state index contributed by atoms with van der Waals surface area (Å²) in [4.78, 5) is 23.6. The van der Waals surface area contributed by atoms with E-state index in [1.165, 1.54) is 30.1 Å². The van der Waals surface area contributed by atoms with Gasteiger partial charge in [0.15, 0.2) is 0 Å². The summed E-state index contributed by atoms with van der Waals surface area (Å²) in [6, 6.07) is 4.09. The number of aliphatic hydroxyl groups excluding tert-OH is 1. The highest BCUT2D eigenvalue weighted by Gasteiger charge is 2.25. The third-order valence-corrected chi connectivity index (χ3v) is 2.72. The molecule has 0 spiro atoms. The van der Waals surface area contributed by atoms with E-state index in [4.69, 9.17) is 16.7 Å². The molecule has 0 fully saturated rings. The maximum absolute atomic E-state index is 12.1. The molecule has 7 heteroatoms. The Morgan fingerprint density at radius 2 is 2.22 bits per heavy atom. The normalized spacial score (nSPS) is 10.2. The first-order chi connectivity index (χ1) is 8.49. The van der Waals surface area contributed by atoms with Crippen molar-refractivity contribution in [1.29, 1.82) is 0 Å². The standard InChI is InChI=1S/C11H13ClN2O4/c1-13(6-3-7-15)11(16)10-8(12)4-2-5-9(10)14(17)18/h2,4-5,15H,3,6-7H2,1H3. The van der Waals surface area contributed by atoms with Crippen molar-refractivity contribution in [1.82, 2.24) is 4.90 Å². The molecule has 1 aromatic carbocycles. The van der Waals surface area contributed by atoms with Gasteiger partial charge in [-0.3, -0.25) is 14.9 Å². The molecule has 0 saturated carbocycles. The minimum atomic E-state index is -0.640. The third-order valence-electron chi connectivity index (χ3n) is 2.40. The fourth-order valence-corrected chi connectivity index (χ4v) is 1.73. The molecular formula is C11H13ClN2O4. The van der Waals surface area contributed by atoms with Gasteiger partial charge in [0.05, 0.1) is 9.95 Å². The quantitative estimate of drug-likeness (QED) is 0.653. The summed E-state index contributed by atoms with van der Waals surface area (Å²) in [6.07, 6.45) is 0.403. The Kier molecular flexibility index (Phi) is 5.06. The fraction of sp³-hybridized carbons (Fsp3) is 0.364. The maximum atomic E-state index is 12.1. The Balaban J connectivity index is 3.08. The minimum Gasteiger partial charge on any atom is -0.396 e. The number of hydrogen-bond acceptors (Lipinski definition) is 4. The predicted molar refractivity (Wildman–Crippen MR) is 66.8 cm³/mol. The molecule has 0 atom stereocenters. The minimum absolute atomic E-state index is 0.0463. The number of aliphatic hydroxyl groups is 1. The molecule has 0 aliphatic heterocycles. The van der Waals surface area contributed by atoms with E-state index in [1.54, 1.807) is 0 Å². The Morgan fingerprint density at radius 3 is 2.78 bits per heavy atom. The fourth-order valence-electron chi connectivity index (χ4n) is 1.48. The number of amides is 1. The van der Waals surface area contributed by atoms with Crippen LogP contribution in [-0.2, 0) is 0 Å². The molecular weight excluding hydrogens is 260 g/mol. The largest absolute Gasteiger partial charge is 0.396 e. The second kappa shape index (κ2) is 6.32. The lowest BCUT2D eigenvalue weighted by Crippen LogP contribution is -2.29. The van der Waals surface area contributed by atoms with Crippen LogP contribution in [0.3, 0.4) is 0 Å². The second-order valence-electron chi connectivity index (χ2n) is 3.69. The first-order valence-corrected chi connectivity index (χ1v) is 5.66. The summed E-state index contributed by atoms with van der Waals surface area (Å²) < 4.78 is 0. The number of nitro benzene ring substituents is 1. The molecule has 0 aromatic heterocycles. The monoisotopic (exact) mass is 272 g/mol. The van der Waals surface area contributed by atoms with E-state index in [0.717, 1.165) is 0 Å². The van der Waals surface area contributed by atoms with E-state index in [0.29, 0.717) is 13.0 Å². The van der Waals surface area contributed by atoms with Crippen LogP contribution in [0.15, 0.2) is 18.2 Å². The van der Waals surface area contributed by atoms with Crippen molar-refractivity contribution in [2.75, 3.05) is 20.2 Å². The van der Waals surface area contributed by atoms with Crippen molar-refractivity contribution in [2.24, 2.45) is 0 Å². The number of nitro groups is 1. The Bertz CT molecular complexity index is 464. The van der Waals surface area contributed by atoms with Gasteiger partial charge in [0.1, 0.15) is 5.56 Å². The van der Waals surface area contributed by atoms with Gasteiger partial charge in [-0.2, -0.15) is 0 Å². The van der Waals surface area contributed by atoms with Crippen LogP contribution in [-0.4, -0.2) is 41.0 Å². The van der Waals surface area contributed by atoms with Crippen LogP contribution in [0.5, 0.6) is 0 Å². The van der Waals surface area contributed by atoms with Crippen molar-refractivity contribution in [3.05, 3.63) is 38.9 Å². The SMILES string of the molecule is CN(CCCO)C(=O)c1c(Cl)cccc1[N+](=O)[O-]. The van der Waals surface area contributed by atoms with Gasteiger partial charge < -0.3 is 10.0 Å². The average Bonchev–Trinajstić information content (AvgIpc) is 2.34. The highest BCUT2D eigenvalue weighted by Crippen LogP contribution is 2.27. The molecule has 0 aliphatic rings. The molecule has 18 heavy (non-hydrogen) atoms. The molecule has 1 amide bonds. The van der Waals surface area contributed by atoms with Crippen molar-refractivity contribution >= 4 is 23.2 Å². The van der Waals surface area contributed by atoms with E-state index in [9.17, 15) is 14.9 Å². The van der Waals surface area contributed by atoms with E-state index >= 15 is 0 Å². The van der Waals surface area contributed by atoms with E-state index in [2.05, 4.69) is 0 Å². The van der Waals surface area contributed by atoms with Crippen LogP contribution in [0.25, 0.3) is 0 Å². The molecule has 0 saturated heterocycles. The predicted octanol–water partition coefficient (Wildman–Crippen LogP) is 1.70. The lowest BCUT2D eigenvalue weighted by atomic mass is 10.1. The molecule has 0 radical (unpaired) electrons. The number of rotatable bonds is 5. The van der Waals surface area contributed by atoms with Crippen LogP contribution in [0.1, 0.15) is 16.8 Å². The molecule has 98 valence electrons. The highest BCUT2D eigenvalue weighted by atomic mass is 35.5. The number of hydrogen-bond donors (Lipinski definition) is 1. The van der Waals surface area contributed by atoms with Crippen LogP contribution < -0.4 is 0 Å². The molecule has 0 heterocycles. The molecule has 0 unspecified atom stereocenters. The van der Waals surface area contributed by atoms with Crippen molar-refractivity contribution in [3.63, 3.8) is 0 Å². The van der Waals surface area contributed by atoms with Crippen LogP contribution in [0, 0.1) is 10.1 Å². The van der Waals surface area contributed by atoms with Gasteiger partial charge in [-0.1, -0.05) is 17.7 Å². The zero-order valence-corrected chi connectivity index (χ0v) is 10.6. The molecule has 6 nitrogen and oxygen atoms in total. The van der Waals surface area contributed by atoms with Crippen molar-refractivity contribution < 1.29 is 14.8 Å². The number of carbonyl (C=O) groups excluding carboxylic acids is 1. The summed E-state index contributed by atoms with van der Waals surface area (Å²) in [5.41, 5.74) is -0.437. The van der Waals surface area contributed by atoms with Gasteiger partial charge in [0.25, 0.3) is 11.6 Å². The van der Waals surface area contributed by atoms with Crippen LogP contribution in [0.2, 0.25) is 5.02 Å². The third kappa shape index (κ3) is 3.18. The van der Waals surface area contributed by atoms with Gasteiger partial charge in [-0.25, -0.2) is 0 Å². The molecule has 1 N–H and O–H groups in total. The number of carbonyl (C=O) groups is 1.